The Balaban J connectivity index is 2.21. The molecule has 0 N–H and O–H groups in total. The quantitative estimate of drug-likeness (QED) is 0.252. The van der Waals surface area contributed by atoms with Crippen molar-refractivity contribution in [3.05, 3.63) is 96.3 Å². The van der Waals surface area contributed by atoms with Gasteiger partial charge in [0.05, 0.1) is 9.79 Å². The first-order valence-electron chi connectivity index (χ1n) is 12.6. The lowest BCUT2D eigenvalue weighted by atomic mass is 9.86. The van der Waals surface area contributed by atoms with Crippen molar-refractivity contribution in [2.24, 2.45) is 5.41 Å². The normalized spacial score (nSPS) is 13.8. The van der Waals surface area contributed by atoms with Crippen LogP contribution >= 0.6 is 11.8 Å². The number of carbonyl (C=O) groups is 1. The molecule has 3 aromatic rings. The molecule has 0 fully saturated rings. The molecule has 3 aromatic carbocycles. The van der Waals surface area contributed by atoms with E-state index in [0.29, 0.717) is 6.42 Å². The molecule has 3 rings (SSSR count). The van der Waals surface area contributed by atoms with Crippen molar-refractivity contribution >= 4 is 36.6 Å². The Morgan fingerprint density at radius 2 is 1.26 bits per heavy atom. The summed E-state index contributed by atoms with van der Waals surface area (Å²) in [6.45, 7) is 10.0. The van der Waals surface area contributed by atoms with Gasteiger partial charge in [-0.3, -0.25) is 4.79 Å². The van der Waals surface area contributed by atoms with Gasteiger partial charge in [0.25, 0.3) is 0 Å². The third-order valence-electron chi connectivity index (χ3n) is 6.09. The SMILES string of the molecule is CC(C)(C)CC(C)(C)SC(=O)C[C@@H](c1cccc(F)c1)C(S(=O)(=O)c1ccccc1)S(=O)(=O)c1ccccc1. The number of rotatable bonds is 10. The van der Waals surface area contributed by atoms with Crippen molar-refractivity contribution in [2.45, 2.75) is 72.5 Å². The van der Waals surface area contributed by atoms with Crippen molar-refractivity contribution in [2.75, 3.05) is 0 Å². The van der Waals surface area contributed by atoms with E-state index in [9.17, 15) is 26.0 Å². The number of halogens is 1. The molecule has 0 spiro atoms. The maximum absolute atomic E-state index is 14.4. The average molecular weight is 591 g/mol. The molecule has 0 aliphatic rings. The van der Waals surface area contributed by atoms with Gasteiger partial charge in [-0.1, -0.05) is 94.9 Å². The Morgan fingerprint density at radius 1 is 0.769 bits per heavy atom. The van der Waals surface area contributed by atoms with Gasteiger partial charge in [-0.25, -0.2) is 21.2 Å². The summed E-state index contributed by atoms with van der Waals surface area (Å²) < 4.78 is 68.3. The highest BCUT2D eigenvalue weighted by molar-refractivity contribution is 8.14. The number of thioether (sulfide) groups is 1. The van der Waals surface area contributed by atoms with Crippen LogP contribution < -0.4 is 0 Å². The second-order valence-electron chi connectivity index (χ2n) is 11.4. The lowest BCUT2D eigenvalue weighted by molar-refractivity contribution is -0.111. The molecule has 5 nitrogen and oxygen atoms in total. The van der Waals surface area contributed by atoms with Gasteiger partial charge in [0.15, 0.2) is 29.4 Å². The van der Waals surface area contributed by atoms with E-state index < -0.39 is 47.2 Å². The minimum absolute atomic E-state index is 0.0748. The minimum atomic E-state index is -4.56. The summed E-state index contributed by atoms with van der Waals surface area (Å²) in [6.07, 6.45) is 0.277. The van der Waals surface area contributed by atoms with E-state index in [2.05, 4.69) is 20.8 Å². The van der Waals surface area contributed by atoms with E-state index in [1.807, 2.05) is 13.8 Å². The summed E-state index contributed by atoms with van der Waals surface area (Å²) >= 11 is 1.06. The van der Waals surface area contributed by atoms with E-state index in [1.54, 1.807) is 12.1 Å². The largest absolute Gasteiger partial charge is 0.287 e. The van der Waals surface area contributed by atoms with Crippen LogP contribution in [0.1, 0.15) is 58.9 Å². The maximum atomic E-state index is 14.4. The fraction of sp³-hybridized carbons (Fsp3) is 0.367. The van der Waals surface area contributed by atoms with Crippen molar-refractivity contribution in [1.29, 1.82) is 0 Å². The maximum Gasteiger partial charge on any atom is 0.196 e. The average Bonchev–Trinajstić information content (AvgIpc) is 2.82. The Hall–Kier alpha value is -2.49. The second-order valence-corrected chi connectivity index (χ2v) is 17.6. The summed E-state index contributed by atoms with van der Waals surface area (Å²) in [6, 6.07) is 19.7. The molecule has 0 aliphatic carbocycles. The highest BCUT2D eigenvalue weighted by Gasteiger charge is 2.47. The number of sulfone groups is 2. The molecule has 0 aliphatic heterocycles. The topological polar surface area (TPSA) is 85.3 Å². The number of carbonyl (C=O) groups excluding carboxylic acids is 1. The molecule has 210 valence electrons. The Kier molecular flexibility index (Phi) is 9.51. The zero-order valence-corrected chi connectivity index (χ0v) is 25.2. The van der Waals surface area contributed by atoms with Crippen LogP contribution in [0.2, 0.25) is 0 Å². The smallest absolute Gasteiger partial charge is 0.196 e. The van der Waals surface area contributed by atoms with Crippen molar-refractivity contribution < 1.29 is 26.0 Å². The molecule has 0 bridgehead atoms. The first-order valence-corrected chi connectivity index (χ1v) is 16.5. The number of benzene rings is 3. The summed E-state index contributed by atoms with van der Waals surface area (Å²) in [4.78, 5) is 13.1. The van der Waals surface area contributed by atoms with Gasteiger partial charge < -0.3 is 0 Å². The van der Waals surface area contributed by atoms with E-state index in [4.69, 9.17) is 0 Å². The van der Waals surface area contributed by atoms with Crippen LogP contribution in [-0.4, -0.2) is 31.3 Å². The van der Waals surface area contributed by atoms with Gasteiger partial charge in [0.2, 0.25) is 0 Å². The molecule has 9 heteroatoms. The van der Waals surface area contributed by atoms with Crippen molar-refractivity contribution in [1.82, 2.24) is 0 Å². The van der Waals surface area contributed by atoms with Gasteiger partial charge in [-0.2, -0.15) is 0 Å². The number of hydrogen-bond donors (Lipinski definition) is 0. The minimum Gasteiger partial charge on any atom is -0.287 e. The fourth-order valence-electron chi connectivity index (χ4n) is 5.04. The molecule has 0 saturated heterocycles. The van der Waals surface area contributed by atoms with Gasteiger partial charge in [-0.05, 0) is 53.8 Å². The van der Waals surface area contributed by atoms with Gasteiger partial charge in [0, 0.05) is 17.1 Å². The molecular formula is C30H35FO5S3. The third kappa shape index (κ3) is 8.02. The van der Waals surface area contributed by atoms with E-state index in [1.165, 1.54) is 66.7 Å². The predicted octanol–water partition coefficient (Wildman–Crippen LogP) is 7.05. The Morgan fingerprint density at radius 3 is 1.69 bits per heavy atom. The van der Waals surface area contributed by atoms with Crippen molar-refractivity contribution in [3.8, 4) is 0 Å². The van der Waals surface area contributed by atoms with Crippen molar-refractivity contribution in [3.63, 3.8) is 0 Å². The molecule has 0 heterocycles. The molecule has 0 aromatic heterocycles. The Bertz CT molecular complexity index is 1430. The summed E-state index contributed by atoms with van der Waals surface area (Å²) in [5, 5.41) is -0.366. The van der Waals surface area contributed by atoms with E-state index >= 15 is 0 Å². The van der Waals surface area contributed by atoms with Gasteiger partial charge in [0.1, 0.15) is 5.82 Å². The van der Waals surface area contributed by atoms with Crippen LogP contribution in [0.4, 0.5) is 4.39 Å². The van der Waals surface area contributed by atoms with Crippen LogP contribution in [0, 0.1) is 11.2 Å². The molecular weight excluding hydrogens is 556 g/mol. The molecule has 1 atom stereocenters. The standard InChI is InChI=1S/C30H35FO5S3/c1-29(2,3)21-30(4,5)37-27(32)20-26(22-13-12-14-23(31)19-22)28(38(33,34)24-15-8-6-9-16-24)39(35,36)25-17-10-7-11-18-25/h6-19,26,28H,20-21H2,1-5H3/t26-/m0/s1. The number of hydrogen-bond acceptors (Lipinski definition) is 6. The predicted molar refractivity (Wildman–Crippen MR) is 156 cm³/mol. The molecule has 39 heavy (non-hydrogen) atoms. The van der Waals surface area contributed by atoms with Crippen LogP contribution in [0.3, 0.4) is 0 Å². The highest BCUT2D eigenvalue weighted by atomic mass is 32.3. The van der Waals surface area contributed by atoms with E-state index in [-0.39, 0.29) is 25.9 Å². The lowest BCUT2D eigenvalue weighted by Crippen LogP contribution is -2.37. The lowest BCUT2D eigenvalue weighted by Gasteiger charge is -2.32. The molecule has 0 saturated carbocycles. The highest BCUT2D eigenvalue weighted by Crippen LogP contribution is 2.42. The first kappa shape index (κ1) is 31.0. The van der Waals surface area contributed by atoms with Crippen LogP contribution in [0.15, 0.2) is 94.7 Å². The van der Waals surface area contributed by atoms with Crippen LogP contribution in [-0.2, 0) is 24.5 Å². The van der Waals surface area contributed by atoms with Crippen LogP contribution in [0.5, 0.6) is 0 Å². The third-order valence-corrected chi connectivity index (χ3v) is 12.4. The van der Waals surface area contributed by atoms with E-state index in [0.717, 1.165) is 17.8 Å². The fourth-order valence-corrected chi connectivity index (χ4v) is 11.4. The second kappa shape index (κ2) is 11.9. The Labute approximate surface area is 236 Å². The summed E-state index contributed by atoms with van der Waals surface area (Å²) in [5.41, 5.74) is 0.0516. The molecule has 0 unspecified atom stereocenters. The zero-order chi connectivity index (χ0) is 29.1. The molecule has 0 radical (unpaired) electrons. The summed E-state index contributed by atoms with van der Waals surface area (Å²) in [7, 11) is -9.11. The van der Waals surface area contributed by atoms with Gasteiger partial charge >= 0.3 is 0 Å². The zero-order valence-electron chi connectivity index (χ0n) is 22.8. The van der Waals surface area contributed by atoms with Gasteiger partial charge in [-0.15, -0.1) is 0 Å². The first-order chi connectivity index (χ1) is 18.0. The molecule has 0 amide bonds. The van der Waals surface area contributed by atoms with Crippen LogP contribution in [0.25, 0.3) is 0 Å². The summed E-state index contributed by atoms with van der Waals surface area (Å²) in [5.74, 6) is -2.01. The monoisotopic (exact) mass is 590 g/mol.